The summed E-state index contributed by atoms with van der Waals surface area (Å²) >= 11 is 0. The van der Waals surface area contributed by atoms with Crippen molar-refractivity contribution in [2.24, 2.45) is 0 Å². The molecule has 2 fully saturated rings. The number of nitrogens with zero attached hydrogens (tertiary/aromatic N) is 5. The summed E-state index contributed by atoms with van der Waals surface area (Å²) in [6, 6.07) is 16.8. The van der Waals surface area contributed by atoms with E-state index in [0.29, 0.717) is 12.6 Å². The fraction of sp³-hybridized carbons (Fsp3) is 0.419. The average molecular weight is 542 g/mol. The zero-order valence-corrected chi connectivity index (χ0v) is 23.7. The number of nitrogens with one attached hydrogen (secondary N) is 2. The Hall–Kier alpha value is -3.66. The van der Waals surface area contributed by atoms with Crippen LogP contribution >= 0.6 is 0 Å². The second kappa shape index (κ2) is 11.8. The van der Waals surface area contributed by atoms with Crippen molar-refractivity contribution < 1.29 is 9.57 Å². The number of rotatable bonds is 9. The van der Waals surface area contributed by atoms with Gasteiger partial charge < -0.3 is 24.8 Å². The Morgan fingerprint density at radius 3 is 2.58 bits per heavy atom. The van der Waals surface area contributed by atoms with Crippen LogP contribution in [-0.2, 0) is 4.84 Å². The van der Waals surface area contributed by atoms with E-state index in [-0.39, 0.29) is 6.04 Å². The van der Waals surface area contributed by atoms with Gasteiger partial charge in [0, 0.05) is 51.0 Å². The smallest absolute Gasteiger partial charge is 0.231 e. The molecule has 1 atom stereocenters. The number of aryl methyl sites for hydroxylation is 2. The number of hydroxylamine groups is 1. The SMILES string of the molecule is Cc1cc(Nc2nc(N3OCC[C@H]3c3ccccc3)c3cc[nH]c3n2)cc(C)c1OCCCN1CCN(C)CC1. The van der Waals surface area contributed by atoms with Gasteiger partial charge >= 0.3 is 0 Å². The molecule has 40 heavy (non-hydrogen) atoms. The van der Waals surface area contributed by atoms with Gasteiger partial charge in [-0.2, -0.15) is 9.97 Å². The second-order valence-electron chi connectivity index (χ2n) is 10.9. The first-order valence-electron chi connectivity index (χ1n) is 14.3. The summed E-state index contributed by atoms with van der Waals surface area (Å²) in [6.45, 7) is 11.2. The molecule has 4 aromatic rings. The van der Waals surface area contributed by atoms with Crippen LogP contribution in [0.5, 0.6) is 5.75 Å². The molecule has 0 unspecified atom stereocenters. The van der Waals surface area contributed by atoms with Crippen molar-refractivity contribution in [2.75, 3.05) is 63.4 Å². The predicted molar refractivity (Wildman–Crippen MR) is 159 cm³/mol. The zero-order chi connectivity index (χ0) is 27.5. The lowest BCUT2D eigenvalue weighted by Gasteiger charge is -2.32. The fourth-order valence-electron chi connectivity index (χ4n) is 5.72. The molecule has 4 heterocycles. The lowest BCUT2D eigenvalue weighted by molar-refractivity contribution is 0.145. The molecule has 9 nitrogen and oxygen atoms in total. The molecule has 2 saturated heterocycles. The molecule has 0 aliphatic carbocycles. The third kappa shape index (κ3) is 5.77. The van der Waals surface area contributed by atoms with Crippen LogP contribution in [0.3, 0.4) is 0 Å². The van der Waals surface area contributed by atoms with Crippen LogP contribution in [0.15, 0.2) is 54.7 Å². The van der Waals surface area contributed by atoms with E-state index in [9.17, 15) is 0 Å². The summed E-state index contributed by atoms with van der Waals surface area (Å²) in [4.78, 5) is 24.0. The Kier molecular flexibility index (Phi) is 7.86. The highest BCUT2D eigenvalue weighted by atomic mass is 16.7. The molecule has 0 spiro atoms. The Morgan fingerprint density at radius 1 is 1.02 bits per heavy atom. The van der Waals surface area contributed by atoms with Crippen LogP contribution < -0.4 is 15.1 Å². The minimum atomic E-state index is 0.0965. The van der Waals surface area contributed by atoms with Crippen LogP contribution in [0, 0.1) is 13.8 Å². The van der Waals surface area contributed by atoms with Crippen molar-refractivity contribution in [3.63, 3.8) is 0 Å². The molecule has 2 N–H and O–H groups in total. The molecule has 0 saturated carbocycles. The molecule has 2 aromatic carbocycles. The summed E-state index contributed by atoms with van der Waals surface area (Å²) in [6.07, 6.45) is 3.82. The number of ether oxygens (including phenoxy) is 1. The van der Waals surface area contributed by atoms with Gasteiger partial charge in [-0.3, -0.25) is 4.84 Å². The van der Waals surface area contributed by atoms with Crippen molar-refractivity contribution in [2.45, 2.75) is 32.7 Å². The maximum atomic E-state index is 6.25. The van der Waals surface area contributed by atoms with Gasteiger partial charge in [-0.1, -0.05) is 30.3 Å². The number of likely N-dealkylation sites (N-methyl/N-ethyl adjacent to an activating group) is 1. The van der Waals surface area contributed by atoms with Crippen molar-refractivity contribution >= 4 is 28.5 Å². The first-order valence-corrected chi connectivity index (χ1v) is 14.3. The number of piperazine rings is 1. The van der Waals surface area contributed by atoms with Gasteiger partial charge in [-0.15, -0.1) is 0 Å². The quantitative estimate of drug-likeness (QED) is 0.279. The van der Waals surface area contributed by atoms with E-state index in [1.807, 2.05) is 23.4 Å². The zero-order valence-electron chi connectivity index (χ0n) is 23.7. The fourth-order valence-corrected chi connectivity index (χ4v) is 5.72. The van der Waals surface area contributed by atoms with E-state index >= 15 is 0 Å². The number of hydrogen-bond acceptors (Lipinski definition) is 8. The first kappa shape index (κ1) is 26.6. The standard InChI is InChI=1S/C31H39N7O2/c1-22-20-25(21-23(2)28(22)39-18-7-13-37-16-14-36(3)15-17-37)33-31-34-29-26(10-12-32-29)30(35-31)38-27(11-19-40-38)24-8-5-4-6-9-24/h4-6,8-10,12,20-21,27H,7,11,13-19H2,1-3H3,(H2,32,33,34,35)/t27-/m0/s1. The van der Waals surface area contributed by atoms with Gasteiger partial charge in [-0.25, -0.2) is 5.06 Å². The lowest BCUT2D eigenvalue weighted by Crippen LogP contribution is -2.44. The number of anilines is 3. The van der Waals surface area contributed by atoms with Crippen molar-refractivity contribution in [3.8, 4) is 5.75 Å². The number of fused-ring (bicyclic) bond motifs is 1. The number of hydrogen-bond donors (Lipinski definition) is 2. The largest absolute Gasteiger partial charge is 0.493 e. The normalized spacial score (nSPS) is 18.5. The highest BCUT2D eigenvalue weighted by molar-refractivity contribution is 5.88. The van der Waals surface area contributed by atoms with Crippen molar-refractivity contribution in [1.29, 1.82) is 0 Å². The number of aromatic amines is 1. The Bertz CT molecular complexity index is 1410. The van der Waals surface area contributed by atoms with Crippen LogP contribution in [-0.4, -0.2) is 77.7 Å². The molecule has 2 aromatic heterocycles. The van der Waals surface area contributed by atoms with Crippen molar-refractivity contribution in [3.05, 3.63) is 71.4 Å². The van der Waals surface area contributed by atoms with Gasteiger partial charge in [0.15, 0.2) is 5.82 Å². The maximum Gasteiger partial charge on any atom is 0.231 e. The molecular formula is C31H39N7O2. The third-order valence-corrected chi connectivity index (χ3v) is 7.87. The van der Waals surface area contributed by atoms with E-state index in [1.165, 1.54) is 5.56 Å². The van der Waals surface area contributed by atoms with Crippen LogP contribution in [0.25, 0.3) is 11.0 Å². The van der Waals surface area contributed by atoms with E-state index in [2.05, 4.69) is 77.4 Å². The molecule has 0 bridgehead atoms. The van der Waals surface area contributed by atoms with E-state index in [1.54, 1.807) is 0 Å². The molecule has 210 valence electrons. The lowest BCUT2D eigenvalue weighted by atomic mass is 10.0. The second-order valence-corrected chi connectivity index (χ2v) is 10.9. The minimum Gasteiger partial charge on any atom is -0.493 e. The summed E-state index contributed by atoms with van der Waals surface area (Å²) < 4.78 is 6.25. The first-order chi connectivity index (χ1) is 19.5. The predicted octanol–water partition coefficient (Wildman–Crippen LogP) is 5.22. The number of aromatic nitrogens is 3. The molecule has 0 radical (unpaired) electrons. The monoisotopic (exact) mass is 541 g/mol. The van der Waals surface area contributed by atoms with Crippen LogP contribution in [0.1, 0.15) is 35.6 Å². The minimum absolute atomic E-state index is 0.0965. The Morgan fingerprint density at radius 2 is 1.80 bits per heavy atom. The third-order valence-electron chi connectivity index (χ3n) is 7.87. The van der Waals surface area contributed by atoms with Crippen LogP contribution in [0.2, 0.25) is 0 Å². The van der Waals surface area contributed by atoms with Gasteiger partial charge in [0.25, 0.3) is 0 Å². The summed E-state index contributed by atoms with van der Waals surface area (Å²) in [5, 5.41) is 6.31. The molecule has 9 heteroatoms. The maximum absolute atomic E-state index is 6.25. The van der Waals surface area contributed by atoms with Gasteiger partial charge in [0.1, 0.15) is 11.4 Å². The Balaban J connectivity index is 1.16. The molecular weight excluding hydrogens is 502 g/mol. The van der Waals surface area contributed by atoms with Gasteiger partial charge in [-0.05, 0) is 62.2 Å². The van der Waals surface area contributed by atoms with E-state index < -0.39 is 0 Å². The summed E-state index contributed by atoms with van der Waals surface area (Å²) in [5.41, 5.74) is 5.09. The average Bonchev–Trinajstić information content (AvgIpc) is 3.63. The van der Waals surface area contributed by atoms with Crippen LogP contribution in [0.4, 0.5) is 17.5 Å². The Labute approximate surface area is 236 Å². The van der Waals surface area contributed by atoms with Crippen molar-refractivity contribution in [1.82, 2.24) is 24.8 Å². The number of benzene rings is 2. The van der Waals surface area contributed by atoms with E-state index in [0.717, 1.165) is 91.6 Å². The molecule has 2 aliphatic heterocycles. The summed E-state index contributed by atoms with van der Waals surface area (Å²) in [7, 11) is 2.19. The summed E-state index contributed by atoms with van der Waals surface area (Å²) in [5.74, 6) is 2.24. The highest BCUT2D eigenvalue weighted by Gasteiger charge is 2.31. The molecule has 6 rings (SSSR count). The number of H-pyrrole nitrogens is 1. The van der Waals surface area contributed by atoms with Gasteiger partial charge in [0.05, 0.1) is 24.6 Å². The topological polar surface area (TPSA) is 81.8 Å². The molecule has 0 amide bonds. The van der Waals surface area contributed by atoms with Gasteiger partial charge in [0.2, 0.25) is 5.95 Å². The highest BCUT2D eigenvalue weighted by Crippen LogP contribution is 2.38. The van der Waals surface area contributed by atoms with E-state index in [4.69, 9.17) is 19.5 Å². The molecule has 2 aliphatic rings.